The maximum atomic E-state index is 13.5. The molecular formula is C21H21N5O5S2. The highest BCUT2D eigenvalue weighted by Gasteiger charge is 2.36. The Hall–Kier alpha value is -3.25. The molecule has 2 aliphatic rings. The lowest BCUT2D eigenvalue weighted by Crippen LogP contribution is -2.57. The van der Waals surface area contributed by atoms with E-state index < -0.39 is 17.6 Å². The summed E-state index contributed by atoms with van der Waals surface area (Å²) in [5.41, 5.74) is 0.104. The number of thiocarbonyl (C=S) groups is 1. The average Bonchev–Trinajstić information content (AvgIpc) is 3.03. The van der Waals surface area contributed by atoms with Crippen LogP contribution in [0.2, 0.25) is 0 Å². The molecule has 0 spiro atoms. The van der Waals surface area contributed by atoms with E-state index >= 15 is 0 Å². The molecule has 0 unspecified atom stereocenters. The molecule has 12 heteroatoms. The van der Waals surface area contributed by atoms with Crippen LogP contribution in [0, 0.1) is 0 Å². The quantitative estimate of drug-likeness (QED) is 0.371. The molecule has 0 bridgehead atoms. The Bertz CT molecular complexity index is 1260. The molecule has 2 aromatic rings. The zero-order valence-corrected chi connectivity index (χ0v) is 19.6. The van der Waals surface area contributed by atoms with Gasteiger partial charge >= 0.3 is 5.97 Å². The molecule has 0 aromatic carbocycles. The summed E-state index contributed by atoms with van der Waals surface area (Å²) in [7, 11) is 1.56. The van der Waals surface area contributed by atoms with Crippen LogP contribution in [0.4, 0.5) is 5.82 Å². The number of pyridine rings is 1. The third kappa shape index (κ3) is 4.35. The number of carbonyl (C=O) groups is 3. The Morgan fingerprint density at radius 1 is 1.36 bits per heavy atom. The SMILES string of the molecule is CCOC(=O)C[C@H]1C(=O)NCCN1c1nc2ccccn2c(=O)c1/C=C1/SC(=S)N(C)C1=O. The number of hydrogen-bond acceptors (Lipinski definition) is 9. The van der Waals surface area contributed by atoms with Crippen LogP contribution < -0.4 is 15.8 Å². The van der Waals surface area contributed by atoms with E-state index in [0.29, 0.717) is 23.1 Å². The topological polar surface area (TPSA) is 113 Å². The van der Waals surface area contributed by atoms with Crippen molar-refractivity contribution >= 4 is 63.6 Å². The van der Waals surface area contributed by atoms with Gasteiger partial charge in [-0.2, -0.15) is 0 Å². The van der Waals surface area contributed by atoms with E-state index in [0.717, 1.165) is 11.8 Å². The standard InChI is InChI=1S/C21H21N5O5S2/c1-3-31-16(27)11-13-18(28)22-7-9-25(13)17-12(10-14-20(30)24(2)21(32)33-14)19(29)26-8-5-4-6-15(26)23-17/h4-6,8,10,13H,3,7,9,11H2,1-2H3,(H,22,28)/b14-10+/t13-/m0/s1. The maximum absolute atomic E-state index is 13.5. The zero-order chi connectivity index (χ0) is 23.7. The van der Waals surface area contributed by atoms with Gasteiger partial charge in [-0.05, 0) is 25.1 Å². The van der Waals surface area contributed by atoms with Crippen LogP contribution in [0.5, 0.6) is 0 Å². The van der Waals surface area contributed by atoms with Crippen LogP contribution in [0.1, 0.15) is 18.9 Å². The number of aromatic nitrogens is 2. The Labute approximate surface area is 198 Å². The monoisotopic (exact) mass is 487 g/mol. The predicted molar refractivity (Wildman–Crippen MR) is 128 cm³/mol. The van der Waals surface area contributed by atoms with Gasteiger partial charge < -0.3 is 15.0 Å². The van der Waals surface area contributed by atoms with Gasteiger partial charge in [-0.25, -0.2) is 4.98 Å². The van der Waals surface area contributed by atoms with E-state index in [1.807, 2.05) is 0 Å². The van der Waals surface area contributed by atoms with Gasteiger partial charge in [0.2, 0.25) is 5.91 Å². The Morgan fingerprint density at radius 2 is 2.15 bits per heavy atom. The number of anilines is 1. The van der Waals surface area contributed by atoms with E-state index in [-0.39, 0.29) is 41.1 Å². The first kappa shape index (κ1) is 22.9. The second kappa shape index (κ2) is 9.32. The third-order valence-electron chi connectivity index (χ3n) is 5.28. The van der Waals surface area contributed by atoms with Crippen molar-refractivity contribution in [2.75, 3.05) is 31.6 Å². The minimum absolute atomic E-state index is 0.135. The minimum atomic E-state index is -0.913. The number of amides is 2. The number of fused-ring (bicyclic) bond motifs is 1. The van der Waals surface area contributed by atoms with Crippen molar-refractivity contribution in [2.24, 2.45) is 0 Å². The summed E-state index contributed by atoms with van der Waals surface area (Å²) in [4.78, 5) is 58.8. The number of hydrogen-bond donors (Lipinski definition) is 1. The summed E-state index contributed by atoms with van der Waals surface area (Å²) >= 11 is 6.29. The van der Waals surface area contributed by atoms with Gasteiger partial charge in [0.25, 0.3) is 11.5 Å². The highest BCUT2D eigenvalue weighted by atomic mass is 32.2. The molecule has 0 saturated carbocycles. The number of thioether (sulfide) groups is 1. The molecule has 1 N–H and O–H groups in total. The Balaban J connectivity index is 1.88. The van der Waals surface area contributed by atoms with Crippen LogP contribution in [-0.4, -0.2) is 69.2 Å². The van der Waals surface area contributed by atoms with E-state index in [9.17, 15) is 19.2 Å². The summed E-state index contributed by atoms with van der Waals surface area (Å²) in [6.45, 7) is 2.50. The van der Waals surface area contributed by atoms with Crippen molar-refractivity contribution in [1.29, 1.82) is 0 Å². The molecule has 4 rings (SSSR count). The van der Waals surface area contributed by atoms with Crippen molar-refractivity contribution in [3.05, 3.63) is 45.2 Å². The fourth-order valence-electron chi connectivity index (χ4n) is 3.66. The molecule has 2 amide bonds. The molecule has 2 aliphatic heterocycles. The number of rotatable bonds is 5. The lowest BCUT2D eigenvalue weighted by Gasteiger charge is -2.36. The maximum Gasteiger partial charge on any atom is 0.308 e. The molecular weight excluding hydrogens is 466 g/mol. The summed E-state index contributed by atoms with van der Waals surface area (Å²) in [6, 6.07) is 4.20. The number of ether oxygens (including phenoxy) is 1. The van der Waals surface area contributed by atoms with E-state index in [2.05, 4.69) is 10.3 Å². The second-order valence-electron chi connectivity index (χ2n) is 7.33. The highest BCUT2D eigenvalue weighted by Crippen LogP contribution is 2.33. The fourth-order valence-corrected chi connectivity index (χ4v) is 4.82. The molecule has 4 heterocycles. The van der Waals surface area contributed by atoms with Crippen molar-refractivity contribution in [1.82, 2.24) is 19.6 Å². The third-order valence-corrected chi connectivity index (χ3v) is 6.76. The first-order valence-corrected chi connectivity index (χ1v) is 11.5. The van der Waals surface area contributed by atoms with Crippen LogP contribution in [0.25, 0.3) is 11.7 Å². The average molecular weight is 488 g/mol. The number of esters is 1. The van der Waals surface area contributed by atoms with Gasteiger partial charge in [-0.15, -0.1) is 0 Å². The minimum Gasteiger partial charge on any atom is -0.466 e. The van der Waals surface area contributed by atoms with E-state index in [1.165, 1.54) is 15.4 Å². The summed E-state index contributed by atoms with van der Waals surface area (Å²) < 4.78 is 6.78. The molecule has 1 atom stereocenters. The number of likely N-dealkylation sites (N-methyl/N-ethyl adjacent to an activating group) is 1. The van der Waals surface area contributed by atoms with Gasteiger partial charge in [0.1, 0.15) is 21.8 Å². The number of nitrogens with zero attached hydrogens (tertiary/aromatic N) is 4. The highest BCUT2D eigenvalue weighted by molar-refractivity contribution is 8.26. The van der Waals surface area contributed by atoms with Crippen molar-refractivity contribution in [3.63, 3.8) is 0 Å². The van der Waals surface area contributed by atoms with Gasteiger partial charge in [-0.3, -0.25) is 28.5 Å². The number of carbonyl (C=O) groups excluding carboxylic acids is 3. The zero-order valence-electron chi connectivity index (χ0n) is 17.9. The molecule has 2 fully saturated rings. The normalized spacial score (nSPS) is 20.0. The smallest absolute Gasteiger partial charge is 0.308 e. The van der Waals surface area contributed by atoms with Gasteiger partial charge in [0, 0.05) is 26.3 Å². The Kier molecular flexibility index (Phi) is 6.47. The van der Waals surface area contributed by atoms with Crippen LogP contribution >= 0.6 is 24.0 Å². The molecule has 10 nitrogen and oxygen atoms in total. The molecule has 33 heavy (non-hydrogen) atoms. The number of nitrogens with one attached hydrogen (secondary N) is 1. The van der Waals surface area contributed by atoms with Gasteiger partial charge in [0.15, 0.2) is 0 Å². The second-order valence-corrected chi connectivity index (χ2v) is 9.01. The predicted octanol–water partition coefficient (Wildman–Crippen LogP) is 0.784. The molecule has 2 saturated heterocycles. The van der Waals surface area contributed by atoms with Crippen LogP contribution in [0.3, 0.4) is 0 Å². The summed E-state index contributed by atoms with van der Waals surface area (Å²) in [5, 5.41) is 2.75. The lowest BCUT2D eigenvalue weighted by molar-refractivity contribution is -0.145. The van der Waals surface area contributed by atoms with Gasteiger partial charge in [0.05, 0.1) is 23.5 Å². The van der Waals surface area contributed by atoms with Crippen LogP contribution in [0.15, 0.2) is 34.1 Å². The molecule has 0 aliphatic carbocycles. The van der Waals surface area contributed by atoms with Crippen molar-refractivity contribution in [3.8, 4) is 0 Å². The molecule has 2 aromatic heterocycles. The summed E-state index contributed by atoms with van der Waals surface area (Å²) in [5.74, 6) is -1.00. The van der Waals surface area contributed by atoms with Crippen molar-refractivity contribution in [2.45, 2.75) is 19.4 Å². The Morgan fingerprint density at radius 3 is 2.85 bits per heavy atom. The van der Waals surface area contributed by atoms with E-state index in [4.69, 9.17) is 17.0 Å². The number of piperazine rings is 1. The van der Waals surface area contributed by atoms with Crippen LogP contribution in [-0.2, 0) is 19.1 Å². The first-order valence-electron chi connectivity index (χ1n) is 10.2. The molecule has 172 valence electrons. The largest absolute Gasteiger partial charge is 0.466 e. The van der Waals surface area contributed by atoms with Crippen molar-refractivity contribution < 1.29 is 19.1 Å². The van der Waals surface area contributed by atoms with E-state index in [1.54, 1.807) is 43.3 Å². The summed E-state index contributed by atoms with van der Waals surface area (Å²) in [6.07, 6.45) is 2.84. The lowest BCUT2D eigenvalue weighted by atomic mass is 10.1. The first-order chi connectivity index (χ1) is 15.8. The van der Waals surface area contributed by atoms with Gasteiger partial charge in [-0.1, -0.05) is 30.0 Å². The molecule has 0 radical (unpaired) electrons. The fraction of sp³-hybridized carbons (Fsp3) is 0.333.